The van der Waals surface area contributed by atoms with E-state index in [1.54, 1.807) is 28.8 Å². The molecule has 0 unspecified atom stereocenters. The number of hydrogen-bond acceptors (Lipinski definition) is 4. The number of aryl methyl sites for hydroxylation is 1. The molecule has 1 heterocycles. The SMILES string of the molecule is CCCNC(=O)c1ccc2c(=O)n(CCc3ccccc3)c(SCc3ccc(F)cc3Cl)nc2c1. The van der Waals surface area contributed by atoms with Gasteiger partial charge in [-0.05, 0) is 54.3 Å². The minimum atomic E-state index is -0.402. The van der Waals surface area contributed by atoms with Crippen LogP contribution in [0, 0.1) is 5.82 Å². The van der Waals surface area contributed by atoms with Crippen molar-refractivity contribution in [2.24, 2.45) is 0 Å². The number of fused-ring (bicyclic) bond motifs is 1. The Bertz CT molecular complexity index is 1410. The topological polar surface area (TPSA) is 64.0 Å². The van der Waals surface area contributed by atoms with Crippen LogP contribution in [0.2, 0.25) is 5.02 Å². The fraction of sp³-hybridized carbons (Fsp3) is 0.222. The van der Waals surface area contributed by atoms with Crippen molar-refractivity contribution in [1.82, 2.24) is 14.9 Å². The number of benzene rings is 3. The summed E-state index contributed by atoms with van der Waals surface area (Å²) in [4.78, 5) is 30.7. The van der Waals surface area contributed by atoms with Crippen LogP contribution in [0.5, 0.6) is 0 Å². The maximum Gasteiger partial charge on any atom is 0.262 e. The molecule has 0 aliphatic heterocycles. The normalized spacial score (nSPS) is 11.1. The molecular weight excluding hydrogens is 485 g/mol. The van der Waals surface area contributed by atoms with Crippen LogP contribution in [-0.4, -0.2) is 22.0 Å². The second-order valence-corrected chi connectivity index (χ2v) is 9.45. The molecule has 0 radical (unpaired) electrons. The monoisotopic (exact) mass is 509 g/mol. The number of amides is 1. The van der Waals surface area contributed by atoms with Crippen molar-refractivity contribution >= 4 is 40.2 Å². The zero-order valence-corrected chi connectivity index (χ0v) is 20.8. The van der Waals surface area contributed by atoms with Gasteiger partial charge in [-0.1, -0.05) is 66.7 Å². The molecule has 0 spiro atoms. The average molecular weight is 510 g/mol. The molecule has 8 heteroatoms. The third-order valence-corrected chi connectivity index (χ3v) is 6.93. The van der Waals surface area contributed by atoms with E-state index in [0.717, 1.165) is 17.5 Å². The third-order valence-electron chi connectivity index (χ3n) is 5.56. The quantitative estimate of drug-likeness (QED) is 0.226. The summed E-state index contributed by atoms with van der Waals surface area (Å²) in [6.07, 6.45) is 1.49. The Morgan fingerprint density at radius 1 is 1.11 bits per heavy atom. The first-order valence-electron chi connectivity index (χ1n) is 11.4. The second-order valence-electron chi connectivity index (χ2n) is 8.10. The first-order chi connectivity index (χ1) is 17.0. The second kappa shape index (κ2) is 11.5. The lowest BCUT2D eigenvalue weighted by Gasteiger charge is -2.14. The van der Waals surface area contributed by atoms with E-state index in [0.29, 0.717) is 51.9 Å². The smallest absolute Gasteiger partial charge is 0.262 e. The highest BCUT2D eigenvalue weighted by atomic mass is 35.5. The summed E-state index contributed by atoms with van der Waals surface area (Å²) in [5.41, 5.74) is 2.61. The van der Waals surface area contributed by atoms with Crippen LogP contribution in [0.3, 0.4) is 0 Å². The van der Waals surface area contributed by atoms with E-state index in [9.17, 15) is 14.0 Å². The highest BCUT2D eigenvalue weighted by Gasteiger charge is 2.15. The lowest BCUT2D eigenvalue weighted by molar-refractivity contribution is 0.0953. The van der Waals surface area contributed by atoms with Gasteiger partial charge in [0.25, 0.3) is 11.5 Å². The van der Waals surface area contributed by atoms with E-state index in [1.807, 2.05) is 37.3 Å². The number of aromatic nitrogens is 2. The van der Waals surface area contributed by atoms with E-state index in [2.05, 4.69) is 5.32 Å². The molecule has 1 amide bonds. The summed E-state index contributed by atoms with van der Waals surface area (Å²) in [5, 5.41) is 4.15. The van der Waals surface area contributed by atoms with Gasteiger partial charge < -0.3 is 5.32 Å². The lowest BCUT2D eigenvalue weighted by atomic mass is 10.1. The van der Waals surface area contributed by atoms with E-state index in [1.165, 1.54) is 23.9 Å². The zero-order valence-electron chi connectivity index (χ0n) is 19.3. The van der Waals surface area contributed by atoms with Crippen LogP contribution < -0.4 is 10.9 Å². The highest BCUT2D eigenvalue weighted by molar-refractivity contribution is 7.98. The zero-order chi connectivity index (χ0) is 24.8. The van der Waals surface area contributed by atoms with Crippen molar-refractivity contribution < 1.29 is 9.18 Å². The van der Waals surface area contributed by atoms with Crippen LogP contribution in [-0.2, 0) is 18.7 Å². The van der Waals surface area contributed by atoms with Gasteiger partial charge in [-0.15, -0.1) is 0 Å². The molecule has 0 fully saturated rings. The van der Waals surface area contributed by atoms with Gasteiger partial charge in [0.2, 0.25) is 0 Å². The minimum absolute atomic E-state index is 0.167. The van der Waals surface area contributed by atoms with Crippen LogP contribution in [0.25, 0.3) is 10.9 Å². The molecule has 0 bridgehead atoms. The number of halogens is 2. The van der Waals surface area contributed by atoms with Crippen LogP contribution in [0.1, 0.15) is 34.8 Å². The van der Waals surface area contributed by atoms with E-state index in [-0.39, 0.29) is 11.5 Å². The van der Waals surface area contributed by atoms with E-state index < -0.39 is 5.82 Å². The van der Waals surface area contributed by atoms with Gasteiger partial charge in [-0.3, -0.25) is 14.2 Å². The fourth-order valence-corrected chi connectivity index (χ4v) is 5.00. The van der Waals surface area contributed by atoms with E-state index >= 15 is 0 Å². The van der Waals surface area contributed by atoms with Crippen molar-refractivity contribution in [1.29, 1.82) is 0 Å². The van der Waals surface area contributed by atoms with E-state index in [4.69, 9.17) is 16.6 Å². The molecular formula is C27H25ClFN3O2S. The predicted octanol–water partition coefficient (Wildman–Crippen LogP) is 5.86. The molecule has 180 valence electrons. The van der Waals surface area contributed by atoms with Crippen LogP contribution in [0.15, 0.2) is 76.7 Å². The Kier molecular flexibility index (Phi) is 8.21. The third kappa shape index (κ3) is 6.10. The maximum absolute atomic E-state index is 13.5. The Balaban J connectivity index is 1.71. The summed E-state index contributed by atoms with van der Waals surface area (Å²) in [5.74, 6) is -0.184. The first kappa shape index (κ1) is 24.9. The molecule has 1 aromatic heterocycles. The number of nitrogens with zero attached hydrogens (tertiary/aromatic N) is 2. The largest absolute Gasteiger partial charge is 0.352 e. The van der Waals surface area contributed by atoms with Gasteiger partial charge >= 0.3 is 0 Å². The predicted molar refractivity (Wildman–Crippen MR) is 140 cm³/mol. The fourth-order valence-electron chi connectivity index (χ4n) is 3.66. The minimum Gasteiger partial charge on any atom is -0.352 e. The molecule has 4 aromatic rings. The van der Waals surface area contributed by atoms with Crippen molar-refractivity contribution in [2.75, 3.05) is 6.54 Å². The van der Waals surface area contributed by atoms with Crippen LogP contribution >= 0.6 is 23.4 Å². The molecule has 3 aromatic carbocycles. The van der Waals surface area contributed by atoms with Crippen molar-refractivity contribution in [3.05, 3.63) is 105 Å². The van der Waals surface area contributed by atoms with Gasteiger partial charge in [0, 0.05) is 29.4 Å². The number of rotatable bonds is 9. The molecule has 0 atom stereocenters. The lowest BCUT2D eigenvalue weighted by Crippen LogP contribution is -2.26. The van der Waals surface area contributed by atoms with Gasteiger partial charge in [0.15, 0.2) is 5.16 Å². The summed E-state index contributed by atoms with van der Waals surface area (Å²) >= 11 is 7.57. The molecule has 4 rings (SSSR count). The highest BCUT2D eigenvalue weighted by Crippen LogP contribution is 2.27. The number of carbonyl (C=O) groups excluding carboxylic acids is 1. The molecule has 0 aliphatic rings. The van der Waals surface area contributed by atoms with Crippen molar-refractivity contribution in [2.45, 2.75) is 37.2 Å². The average Bonchev–Trinajstić information content (AvgIpc) is 2.86. The van der Waals surface area contributed by atoms with Gasteiger partial charge in [-0.2, -0.15) is 0 Å². The van der Waals surface area contributed by atoms with Gasteiger partial charge in [0.05, 0.1) is 10.9 Å². The van der Waals surface area contributed by atoms with Crippen LogP contribution in [0.4, 0.5) is 4.39 Å². The molecule has 35 heavy (non-hydrogen) atoms. The standard InChI is InChI=1S/C27H25ClFN3O2S/c1-2-13-30-25(33)19-9-11-22-24(15-19)31-27(35-17-20-8-10-21(29)16-23(20)28)32(26(22)34)14-12-18-6-4-3-5-7-18/h3-11,15-16H,2,12-14,17H2,1H3,(H,30,33). The van der Waals surface area contributed by atoms with Crippen molar-refractivity contribution in [3.63, 3.8) is 0 Å². The Morgan fingerprint density at radius 3 is 2.66 bits per heavy atom. The first-order valence-corrected chi connectivity index (χ1v) is 12.8. The summed E-state index contributed by atoms with van der Waals surface area (Å²) < 4.78 is 15.1. The number of thioether (sulfide) groups is 1. The maximum atomic E-state index is 13.5. The molecule has 0 aliphatic carbocycles. The number of carbonyl (C=O) groups is 1. The Hall–Kier alpha value is -3.16. The summed E-state index contributed by atoms with van der Waals surface area (Å²) in [6, 6.07) is 19.2. The molecule has 5 nitrogen and oxygen atoms in total. The Morgan fingerprint density at radius 2 is 1.91 bits per heavy atom. The molecule has 1 N–H and O–H groups in total. The Labute approximate surface area is 212 Å². The molecule has 0 saturated carbocycles. The summed E-state index contributed by atoms with van der Waals surface area (Å²) in [7, 11) is 0. The number of hydrogen-bond donors (Lipinski definition) is 1. The van der Waals surface area contributed by atoms with Gasteiger partial charge in [-0.25, -0.2) is 9.37 Å². The van der Waals surface area contributed by atoms with Gasteiger partial charge in [0.1, 0.15) is 5.82 Å². The number of nitrogens with one attached hydrogen (secondary N) is 1. The van der Waals surface area contributed by atoms with Crippen molar-refractivity contribution in [3.8, 4) is 0 Å². The summed E-state index contributed by atoms with van der Waals surface area (Å²) in [6.45, 7) is 3.01. The molecule has 0 saturated heterocycles.